The van der Waals surface area contributed by atoms with Gasteiger partial charge in [-0.05, 0) is 25.0 Å². The van der Waals surface area contributed by atoms with Gasteiger partial charge in [0.05, 0.1) is 34.9 Å². The number of nitrogens with one attached hydrogen (secondary N) is 1. The number of fused-ring (bicyclic) bond motifs is 2. The molecule has 0 atom stereocenters. The van der Waals surface area contributed by atoms with Crippen LogP contribution in [0.15, 0.2) is 42.9 Å². The number of benzene rings is 1. The fourth-order valence-electron chi connectivity index (χ4n) is 4.29. The van der Waals surface area contributed by atoms with Crippen LogP contribution >= 0.6 is 0 Å². The lowest BCUT2D eigenvalue weighted by atomic mass is 10.0. The fourth-order valence-corrected chi connectivity index (χ4v) is 6.25. The molecule has 0 bridgehead atoms. The average Bonchev–Trinajstić information content (AvgIpc) is 3.21. The van der Waals surface area contributed by atoms with Gasteiger partial charge >= 0.3 is 0 Å². The van der Waals surface area contributed by atoms with E-state index in [1.807, 2.05) is 30.3 Å². The molecular formula is C21H23N5O2S. The highest BCUT2D eigenvalue weighted by atomic mass is 32.2. The van der Waals surface area contributed by atoms with E-state index in [0.717, 1.165) is 60.0 Å². The van der Waals surface area contributed by atoms with Gasteiger partial charge in [0, 0.05) is 17.5 Å². The van der Waals surface area contributed by atoms with Crippen molar-refractivity contribution in [3.63, 3.8) is 0 Å². The summed E-state index contributed by atoms with van der Waals surface area (Å²) in [5, 5.41) is 4.08. The first kappa shape index (κ1) is 18.4. The lowest BCUT2D eigenvalue weighted by molar-refractivity contribution is 0.398. The average molecular weight is 410 g/mol. The van der Waals surface area contributed by atoms with Crippen LogP contribution in [0.3, 0.4) is 0 Å². The van der Waals surface area contributed by atoms with Crippen LogP contribution in [-0.4, -0.2) is 32.9 Å². The highest BCUT2D eigenvalue weighted by Crippen LogP contribution is 2.34. The molecule has 0 radical (unpaired) electrons. The van der Waals surface area contributed by atoms with E-state index in [-0.39, 0.29) is 5.25 Å². The molecule has 3 heterocycles. The Bertz CT molecular complexity index is 1160. The van der Waals surface area contributed by atoms with Crippen LogP contribution in [0.5, 0.6) is 0 Å². The third-order valence-corrected chi connectivity index (χ3v) is 8.17. The third-order valence-electron chi connectivity index (χ3n) is 5.88. The number of hydrogen-bond acceptors (Lipinski definition) is 6. The van der Waals surface area contributed by atoms with Crippen molar-refractivity contribution >= 4 is 32.4 Å². The summed E-state index contributed by atoms with van der Waals surface area (Å²) in [5.41, 5.74) is 3.37. The summed E-state index contributed by atoms with van der Waals surface area (Å²) < 4.78 is 27.8. The number of hydrogen-bond donors (Lipinski definition) is 1. The minimum atomic E-state index is -3.32. The first-order chi connectivity index (χ1) is 14.1. The van der Waals surface area contributed by atoms with E-state index in [4.69, 9.17) is 0 Å². The van der Waals surface area contributed by atoms with Gasteiger partial charge in [-0.3, -0.25) is 4.98 Å². The molecule has 29 heavy (non-hydrogen) atoms. The van der Waals surface area contributed by atoms with Gasteiger partial charge in [0.2, 0.25) is 10.0 Å². The van der Waals surface area contributed by atoms with Crippen LogP contribution in [0.2, 0.25) is 0 Å². The molecule has 0 spiro atoms. The molecule has 0 saturated heterocycles. The first-order valence-corrected chi connectivity index (χ1v) is 11.5. The Morgan fingerprint density at radius 3 is 2.69 bits per heavy atom. The highest BCUT2D eigenvalue weighted by molar-refractivity contribution is 7.89. The number of rotatable bonds is 4. The molecule has 150 valence electrons. The van der Waals surface area contributed by atoms with Crippen molar-refractivity contribution in [1.82, 2.24) is 19.3 Å². The maximum atomic E-state index is 13.1. The summed E-state index contributed by atoms with van der Waals surface area (Å²) in [7, 11) is -3.32. The summed E-state index contributed by atoms with van der Waals surface area (Å²) in [5.74, 6) is 0.647. The van der Waals surface area contributed by atoms with Gasteiger partial charge in [-0.25, -0.2) is 18.4 Å². The number of anilines is 2. The molecule has 0 amide bonds. The summed E-state index contributed by atoms with van der Waals surface area (Å²) in [6, 6.07) is 9.93. The van der Waals surface area contributed by atoms with Crippen molar-refractivity contribution in [3.05, 3.63) is 54.1 Å². The van der Waals surface area contributed by atoms with Crippen molar-refractivity contribution in [2.24, 2.45) is 0 Å². The Morgan fingerprint density at radius 1 is 1.00 bits per heavy atom. The SMILES string of the molecule is O=S(=O)(C1CCCCC1)N1Cc2ncnc(Nc3cnc4ccccc4c3)c2C1. The first-order valence-electron chi connectivity index (χ1n) is 10.0. The van der Waals surface area contributed by atoms with Gasteiger partial charge in [-0.1, -0.05) is 37.5 Å². The molecule has 2 aromatic heterocycles. The lowest BCUT2D eigenvalue weighted by Gasteiger charge is -2.26. The van der Waals surface area contributed by atoms with Gasteiger partial charge in [-0.2, -0.15) is 4.31 Å². The highest BCUT2D eigenvalue weighted by Gasteiger charge is 2.37. The molecular weight excluding hydrogens is 386 g/mol. The second-order valence-electron chi connectivity index (χ2n) is 7.76. The zero-order chi connectivity index (χ0) is 19.8. The molecule has 1 saturated carbocycles. The molecule has 2 aliphatic rings. The van der Waals surface area contributed by atoms with E-state index in [2.05, 4.69) is 20.3 Å². The van der Waals surface area contributed by atoms with Crippen LogP contribution in [0.25, 0.3) is 10.9 Å². The second kappa shape index (κ2) is 7.35. The number of sulfonamides is 1. The van der Waals surface area contributed by atoms with Crippen LogP contribution in [0, 0.1) is 0 Å². The summed E-state index contributed by atoms with van der Waals surface area (Å²) in [6.45, 7) is 0.639. The minimum Gasteiger partial charge on any atom is -0.339 e. The molecule has 1 N–H and O–H groups in total. The Kier molecular flexibility index (Phi) is 4.67. The Morgan fingerprint density at radius 2 is 1.83 bits per heavy atom. The number of pyridine rings is 1. The van der Waals surface area contributed by atoms with Crippen molar-refractivity contribution in [3.8, 4) is 0 Å². The lowest BCUT2D eigenvalue weighted by Crippen LogP contribution is -2.36. The van der Waals surface area contributed by atoms with E-state index < -0.39 is 10.0 Å². The number of nitrogens with zero attached hydrogens (tertiary/aromatic N) is 4. The zero-order valence-corrected chi connectivity index (χ0v) is 16.9. The van der Waals surface area contributed by atoms with E-state index in [1.54, 1.807) is 10.5 Å². The number of para-hydroxylation sites is 1. The monoisotopic (exact) mass is 409 g/mol. The molecule has 1 aliphatic heterocycles. The molecule has 8 heteroatoms. The zero-order valence-electron chi connectivity index (χ0n) is 16.1. The summed E-state index contributed by atoms with van der Waals surface area (Å²) in [6.07, 6.45) is 7.89. The maximum absolute atomic E-state index is 13.1. The van der Waals surface area contributed by atoms with Crippen molar-refractivity contribution < 1.29 is 8.42 Å². The van der Waals surface area contributed by atoms with Gasteiger partial charge < -0.3 is 5.32 Å². The van der Waals surface area contributed by atoms with Gasteiger partial charge in [0.25, 0.3) is 0 Å². The Balaban J connectivity index is 1.40. The fraction of sp³-hybridized carbons (Fsp3) is 0.381. The molecule has 0 unspecified atom stereocenters. The van der Waals surface area contributed by atoms with Crippen LogP contribution < -0.4 is 5.32 Å². The second-order valence-corrected chi connectivity index (χ2v) is 9.98. The number of aromatic nitrogens is 3. The predicted octanol–water partition coefficient (Wildman–Crippen LogP) is 3.75. The smallest absolute Gasteiger partial charge is 0.217 e. The topological polar surface area (TPSA) is 88.1 Å². The third kappa shape index (κ3) is 3.47. The standard InChI is InChI=1S/C21H23N5O2S/c27-29(28,17-7-2-1-3-8-17)26-12-18-20(13-26)23-14-24-21(18)25-16-10-15-6-4-5-9-19(15)22-11-16/h4-6,9-11,14,17H,1-3,7-8,12-13H2,(H,23,24,25). The quantitative estimate of drug-likeness (QED) is 0.706. The van der Waals surface area contributed by atoms with Crippen molar-refractivity contribution in [2.45, 2.75) is 50.4 Å². The van der Waals surface area contributed by atoms with E-state index in [9.17, 15) is 8.42 Å². The molecule has 3 aromatic rings. The molecule has 1 aromatic carbocycles. The van der Waals surface area contributed by atoms with Gasteiger partial charge in [0.1, 0.15) is 12.1 Å². The largest absolute Gasteiger partial charge is 0.339 e. The van der Waals surface area contributed by atoms with E-state index >= 15 is 0 Å². The van der Waals surface area contributed by atoms with Crippen LogP contribution in [0.1, 0.15) is 43.4 Å². The maximum Gasteiger partial charge on any atom is 0.217 e. The Labute approximate surface area is 170 Å². The summed E-state index contributed by atoms with van der Waals surface area (Å²) in [4.78, 5) is 13.2. The van der Waals surface area contributed by atoms with Crippen LogP contribution in [-0.2, 0) is 23.1 Å². The Hall–Kier alpha value is -2.58. The molecule has 5 rings (SSSR count). The van der Waals surface area contributed by atoms with Crippen molar-refractivity contribution in [1.29, 1.82) is 0 Å². The van der Waals surface area contributed by atoms with Crippen molar-refractivity contribution in [2.75, 3.05) is 5.32 Å². The molecule has 1 aliphatic carbocycles. The van der Waals surface area contributed by atoms with Gasteiger partial charge in [0.15, 0.2) is 0 Å². The van der Waals surface area contributed by atoms with Crippen LogP contribution in [0.4, 0.5) is 11.5 Å². The molecule has 1 fully saturated rings. The van der Waals surface area contributed by atoms with E-state index in [1.165, 1.54) is 6.33 Å². The summed E-state index contributed by atoms with van der Waals surface area (Å²) >= 11 is 0. The predicted molar refractivity (Wildman–Crippen MR) is 112 cm³/mol. The van der Waals surface area contributed by atoms with Gasteiger partial charge in [-0.15, -0.1) is 0 Å². The molecule has 7 nitrogen and oxygen atoms in total. The minimum absolute atomic E-state index is 0.264. The van der Waals surface area contributed by atoms with E-state index in [0.29, 0.717) is 18.9 Å². The normalized spacial score (nSPS) is 18.1.